The molecular formula is C98H98O21. The van der Waals surface area contributed by atoms with Crippen molar-refractivity contribution < 1.29 is 99.8 Å². The fourth-order valence-electron chi connectivity index (χ4n) is 16.5. The van der Waals surface area contributed by atoms with Crippen LogP contribution in [0.5, 0.6) is 34.5 Å². The molecule has 0 aromatic heterocycles. The first-order chi connectivity index (χ1) is 58.0. The second-order valence-corrected chi connectivity index (χ2v) is 29.7. The summed E-state index contributed by atoms with van der Waals surface area (Å²) in [5.74, 6) is 1.34. The summed E-state index contributed by atoms with van der Waals surface area (Å²) in [6.45, 7) is 4.70. The third-order valence-electron chi connectivity index (χ3n) is 22.5. The maximum atomic E-state index is 13.0. The normalized spacial score (nSPS) is 15.8. The number of rotatable bonds is 40. The quantitative estimate of drug-likeness (QED) is 0.0197. The summed E-state index contributed by atoms with van der Waals surface area (Å²) in [7, 11) is 6.57. The number of hydrogen-bond acceptors (Lipinski definition) is 21. The summed E-state index contributed by atoms with van der Waals surface area (Å²) >= 11 is 0. The van der Waals surface area contributed by atoms with Crippen molar-refractivity contribution in [2.24, 2.45) is 0 Å². The van der Waals surface area contributed by atoms with E-state index in [0.717, 1.165) is 122 Å². The van der Waals surface area contributed by atoms with Crippen molar-refractivity contribution in [1.29, 1.82) is 0 Å². The highest BCUT2D eigenvalue weighted by atomic mass is 16.6. The van der Waals surface area contributed by atoms with Crippen LogP contribution in [0, 0.1) is 0 Å². The van der Waals surface area contributed by atoms with Gasteiger partial charge in [-0.05, 0) is 157 Å². The summed E-state index contributed by atoms with van der Waals surface area (Å²) < 4.78 is 88.8. The predicted octanol–water partition coefficient (Wildman–Crippen LogP) is 17.9. The summed E-state index contributed by atoms with van der Waals surface area (Å²) in [5, 5.41) is 3.90. The highest BCUT2D eigenvalue weighted by molar-refractivity contribution is 6.10. The minimum absolute atomic E-state index is 0.0327. The molecule has 0 bridgehead atoms. The molecule has 0 saturated carbocycles. The van der Waals surface area contributed by atoms with E-state index in [1.165, 1.54) is 0 Å². The lowest BCUT2D eigenvalue weighted by atomic mass is 9.80. The van der Waals surface area contributed by atoms with E-state index in [1.807, 2.05) is 159 Å². The van der Waals surface area contributed by atoms with E-state index >= 15 is 0 Å². The van der Waals surface area contributed by atoms with Gasteiger partial charge in [-0.1, -0.05) is 158 Å². The van der Waals surface area contributed by atoms with Gasteiger partial charge in [-0.25, -0.2) is 0 Å². The highest BCUT2D eigenvalue weighted by Crippen LogP contribution is 2.61. The van der Waals surface area contributed by atoms with Gasteiger partial charge in [0, 0.05) is 68.1 Å². The van der Waals surface area contributed by atoms with E-state index in [9.17, 15) is 28.8 Å². The standard InChI is InChI=1S/C98H98O21/c1-95(81-27-17-15-25-77(81)89-73-21-11-13-23-75(73)93-79(91(89)95)51-53-97(118-93,65-31-39-69(105-3)40-32-65)66-33-41-70(106-4)42-34-66)116-63-61-114-87(103)49-47-85(101)110-55-19-7-9-29-83(99)112-59-57-109-58-60-113-84(100)30-10-8-20-56-111-86(102)48-50-88(104)115-62-64-117-96(2)82-28-18-16-26-78(82)90-74-22-12-14-24-76(74)94-80(92(90)96)52-54-98(119-94,67-35-43-71(107-5)44-36-67)68-37-45-72(108-6)46-38-68/h11-18,21-28,31-46,51-54H,7-10,19-20,29-30,47-50,55-64H2,1-6H3. The van der Waals surface area contributed by atoms with Crippen molar-refractivity contribution in [2.45, 2.75) is 113 Å². The fraction of sp³-hybridized carbons (Fsp3) is 0.327. The molecule has 14 rings (SSSR count). The van der Waals surface area contributed by atoms with E-state index < -0.39 is 58.2 Å². The Bertz CT molecular complexity index is 4950. The number of esters is 6. The van der Waals surface area contributed by atoms with Crippen LogP contribution in [0.25, 0.3) is 56.0 Å². The summed E-state index contributed by atoms with van der Waals surface area (Å²) in [6, 6.07) is 64.4. The van der Waals surface area contributed by atoms with Crippen molar-refractivity contribution in [2.75, 3.05) is 94.5 Å². The average molecular weight is 1610 g/mol. The zero-order valence-electron chi connectivity index (χ0n) is 67.9. The van der Waals surface area contributed by atoms with Crippen LogP contribution in [0.4, 0.5) is 0 Å². The van der Waals surface area contributed by atoms with Gasteiger partial charge in [0.1, 0.15) is 72.1 Å². The number of ether oxygens (including phenoxy) is 15. The van der Waals surface area contributed by atoms with Crippen molar-refractivity contribution in [3.8, 4) is 56.8 Å². The van der Waals surface area contributed by atoms with Crippen molar-refractivity contribution in [1.82, 2.24) is 0 Å². The number of carbonyl (C=O) groups is 6. The number of methoxy groups -OCH3 is 4. The number of fused-ring (bicyclic) bond motifs is 16. The van der Waals surface area contributed by atoms with E-state index in [1.54, 1.807) is 28.4 Å². The molecule has 119 heavy (non-hydrogen) atoms. The molecule has 0 amide bonds. The highest BCUT2D eigenvalue weighted by Gasteiger charge is 2.50. The number of carbonyl (C=O) groups excluding carboxylic acids is 6. The minimum Gasteiger partial charge on any atom is -0.497 e. The van der Waals surface area contributed by atoms with Crippen LogP contribution in [0.3, 0.4) is 0 Å². The largest absolute Gasteiger partial charge is 0.497 e. The average Bonchev–Trinajstić information content (AvgIpc) is 1.58. The molecule has 10 aromatic rings. The lowest BCUT2D eigenvalue weighted by molar-refractivity contribution is -0.152. The Morgan fingerprint density at radius 1 is 0.303 bits per heavy atom. The molecule has 0 radical (unpaired) electrons. The smallest absolute Gasteiger partial charge is 0.306 e. The molecule has 2 aliphatic heterocycles. The SMILES string of the molecule is COc1ccc(C2(c3ccc(OC)cc3)C=Cc3c4c(c5ccccc5c3O2)-c2ccccc2C4(C)OCCOC(=O)CCC(=O)OCCCCCC(=O)OCCOCCOC(=O)CCCCCOC(=O)CCC(=O)OCCOC2(C)c3ccccc3-c3c2c2c(c4ccccc34)OC(c3ccc(OC)cc3)(c3ccc(OC)cc3)C=C2)cc1. The lowest BCUT2D eigenvalue weighted by Gasteiger charge is -2.39. The monoisotopic (exact) mass is 1610 g/mol. The van der Waals surface area contributed by atoms with Crippen LogP contribution in [-0.4, -0.2) is 130 Å². The predicted molar refractivity (Wildman–Crippen MR) is 448 cm³/mol. The van der Waals surface area contributed by atoms with Crippen LogP contribution in [0.2, 0.25) is 0 Å². The molecule has 0 fully saturated rings. The molecule has 616 valence electrons. The summed E-state index contributed by atoms with van der Waals surface area (Å²) in [5.41, 5.74) is 9.32. The second-order valence-electron chi connectivity index (χ2n) is 29.7. The fourth-order valence-corrected chi connectivity index (χ4v) is 16.5. The van der Waals surface area contributed by atoms with Crippen molar-refractivity contribution >= 4 is 69.5 Å². The maximum Gasteiger partial charge on any atom is 0.306 e. The summed E-state index contributed by atoms with van der Waals surface area (Å²) in [4.78, 5) is 76.0. The van der Waals surface area contributed by atoms with Gasteiger partial charge in [0.25, 0.3) is 0 Å². The minimum atomic E-state index is -1.03. The molecule has 2 atom stereocenters. The number of hydrogen-bond donors (Lipinski definition) is 0. The first-order valence-electron chi connectivity index (χ1n) is 40.5. The molecule has 4 aliphatic rings. The van der Waals surface area contributed by atoms with E-state index in [-0.39, 0.29) is 105 Å². The zero-order valence-corrected chi connectivity index (χ0v) is 67.9. The Kier molecular flexibility index (Phi) is 26.5. The van der Waals surface area contributed by atoms with Crippen molar-refractivity contribution in [3.05, 3.63) is 262 Å². The Labute approximate surface area is 692 Å². The Balaban J connectivity index is 0.435. The molecule has 21 heteroatoms. The first kappa shape index (κ1) is 83.2. The zero-order chi connectivity index (χ0) is 82.9. The molecule has 10 aromatic carbocycles. The molecule has 21 nitrogen and oxygen atoms in total. The number of benzene rings is 10. The van der Waals surface area contributed by atoms with E-state index in [4.69, 9.17) is 71.1 Å². The van der Waals surface area contributed by atoms with Gasteiger partial charge in [-0.15, -0.1) is 0 Å². The topological polar surface area (TPSA) is 241 Å². The van der Waals surface area contributed by atoms with Gasteiger partial charge >= 0.3 is 35.8 Å². The Morgan fingerprint density at radius 3 is 0.933 bits per heavy atom. The molecule has 0 spiro atoms. The Hall–Kier alpha value is -12.3. The first-order valence-corrected chi connectivity index (χ1v) is 40.5. The third kappa shape index (κ3) is 17.9. The molecule has 0 saturated heterocycles. The maximum absolute atomic E-state index is 13.0. The molecule has 0 N–H and O–H groups in total. The van der Waals surface area contributed by atoms with Gasteiger partial charge < -0.3 is 71.1 Å². The Morgan fingerprint density at radius 2 is 0.597 bits per heavy atom. The third-order valence-corrected chi connectivity index (χ3v) is 22.5. The van der Waals surface area contributed by atoms with Crippen molar-refractivity contribution in [3.63, 3.8) is 0 Å². The van der Waals surface area contributed by atoms with Gasteiger partial charge in [0.15, 0.2) is 11.2 Å². The van der Waals surface area contributed by atoms with Crippen LogP contribution >= 0.6 is 0 Å². The molecule has 2 heterocycles. The number of unbranched alkanes of at least 4 members (excludes halogenated alkanes) is 4. The molecular weight excluding hydrogens is 1510 g/mol. The van der Waals surface area contributed by atoms with Gasteiger partial charge in [-0.2, -0.15) is 0 Å². The molecule has 2 aliphatic carbocycles. The summed E-state index contributed by atoms with van der Waals surface area (Å²) in [6.07, 6.45) is 11.5. The van der Waals surface area contributed by atoms with Gasteiger partial charge in [0.05, 0.1) is 93.8 Å². The van der Waals surface area contributed by atoms with Crippen LogP contribution in [-0.2, 0) is 93.8 Å². The van der Waals surface area contributed by atoms with Gasteiger partial charge in [-0.3, -0.25) is 28.8 Å². The second kappa shape index (κ2) is 38.0. The molecule has 2 unspecified atom stereocenters. The van der Waals surface area contributed by atoms with Crippen LogP contribution in [0.1, 0.15) is 147 Å². The van der Waals surface area contributed by atoms with E-state index in [0.29, 0.717) is 50.0 Å². The lowest BCUT2D eigenvalue weighted by Crippen LogP contribution is -2.35. The van der Waals surface area contributed by atoms with Crippen LogP contribution in [0.15, 0.2) is 206 Å². The van der Waals surface area contributed by atoms with Gasteiger partial charge in [0.2, 0.25) is 0 Å². The van der Waals surface area contributed by atoms with Crippen LogP contribution < -0.4 is 28.4 Å². The van der Waals surface area contributed by atoms with E-state index in [2.05, 4.69) is 72.8 Å².